The average Bonchev–Trinajstić information content (AvgIpc) is 2.95. The molecule has 2 aliphatic heterocycles. The topological polar surface area (TPSA) is 66.4 Å². The van der Waals surface area contributed by atoms with E-state index in [4.69, 9.17) is 0 Å². The van der Waals surface area contributed by atoms with Crippen LogP contribution in [0.5, 0.6) is 0 Å². The van der Waals surface area contributed by atoms with Gasteiger partial charge in [0.2, 0.25) is 0 Å². The highest BCUT2D eigenvalue weighted by Crippen LogP contribution is 2.28. The van der Waals surface area contributed by atoms with E-state index in [9.17, 15) is 8.42 Å². The first-order chi connectivity index (χ1) is 11.5. The molecule has 134 valence electrons. The van der Waals surface area contributed by atoms with Crippen LogP contribution in [-0.2, 0) is 9.84 Å². The van der Waals surface area contributed by atoms with Gasteiger partial charge in [-0.05, 0) is 39.0 Å². The zero-order chi connectivity index (χ0) is 17.2. The number of anilines is 2. The lowest BCUT2D eigenvalue weighted by molar-refractivity contribution is 0.446. The summed E-state index contributed by atoms with van der Waals surface area (Å²) in [6, 6.07) is 2.62. The minimum Gasteiger partial charge on any atom is -0.353 e. The van der Waals surface area contributed by atoms with E-state index in [0.29, 0.717) is 12.5 Å². The SMILES string of the molecule is CCC1CCCCN1c1cc(N(CC)C2CCS(=O)(=O)C2)ncn1. The van der Waals surface area contributed by atoms with Crippen molar-refractivity contribution in [2.75, 3.05) is 34.4 Å². The van der Waals surface area contributed by atoms with Crippen LogP contribution in [0.1, 0.15) is 46.0 Å². The highest BCUT2D eigenvalue weighted by atomic mass is 32.2. The molecule has 3 rings (SSSR count). The van der Waals surface area contributed by atoms with E-state index in [-0.39, 0.29) is 17.5 Å². The van der Waals surface area contributed by atoms with E-state index in [1.54, 1.807) is 6.33 Å². The predicted octanol–water partition coefficient (Wildman–Crippen LogP) is 2.26. The van der Waals surface area contributed by atoms with Gasteiger partial charge in [-0.3, -0.25) is 0 Å². The van der Waals surface area contributed by atoms with Gasteiger partial charge in [0.15, 0.2) is 9.84 Å². The molecule has 0 spiro atoms. The zero-order valence-corrected chi connectivity index (χ0v) is 15.5. The fourth-order valence-electron chi connectivity index (χ4n) is 4.01. The first kappa shape index (κ1) is 17.5. The molecule has 0 amide bonds. The molecule has 0 aromatic carbocycles. The van der Waals surface area contributed by atoms with Crippen LogP contribution in [0.4, 0.5) is 11.6 Å². The second-order valence-electron chi connectivity index (χ2n) is 6.83. The molecule has 2 fully saturated rings. The summed E-state index contributed by atoms with van der Waals surface area (Å²) in [6.45, 7) is 6.09. The fourth-order valence-corrected chi connectivity index (χ4v) is 5.74. The molecule has 6 nitrogen and oxygen atoms in total. The third-order valence-corrected chi connectivity index (χ3v) is 7.07. The fraction of sp³-hybridized carbons (Fsp3) is 0.765. The lowest BCUT2D eigenvalue weighted by atomic mass is 10.00. The van der Waals surface area contributed by atoms with Crippen LogP contribution in [0.25, 0.3) is 0 Å². The number of aromatic nitrogens is 2. The largest absolute Gasteiger partial charge is 0.353 e. The van der Waals surface area contributed by atoms with Crippen LogP contribution in [0.2, 0.25) is 0 Å². The average molecular weight is 353 g/mol. The quantitative estimate of drug-likeness (QED) is 0.810. The summed E-state index contributed by atoms with van der Waals surface area (Å²) in [7, 11) is -2.90. The Morgan fingerprint density at radius 1 is 1.25 bits per heavy atom. The highest BCUT2D eigenvalue weighted by Gasteiger charge is 2.32. The molecule has 1 aromatic heterocycles. The Kier molecular flexibility index (Phi) is 5.27. The van der Waals surface area contributed by atoms with Crippen LogP contribution in [0.15, 0.2) is 12.4 Å². The molecule has 0 aliphatic carbocycles. The Morgan fingerprint density at radius 3 is 2.75 bits per heavy atom. The number of piperidine rings is 1. The van der Waals surface area contributed by atoms with Crippen molar-refractivity contribution in [2.45, 2.75) is 58.0 Å². The van der Waals surface area contributed by atoms with Gasteiger partial charge in [-0.1, -0.05) is 6.92 Å². The third-order valence-electron chi connectivity index (χ3n) is 5.31. The summed E-state index contributed by atoms with van der Waals surface area (Å²) in [4.78, 5) is 13.5. The van der Waals surface area contributed by atoms with Crippen LogP contribution in [0.3, 0.4) is 0 Å². The van der Waals surface area contributed by atoms with Crippen molar-refractivity contribution in [1.82, 2.24) is 9.97 Å². The Balaban J connectivity index is 1.83. The van der Waals surface area contributed by atoms with E-state index in [1.165, 1.54) is 19.3 Å². The Morgan fingerprint density at radius 2 is 2.08 bits per heavy atom. The molecule has 0 bridgehead atoms. The molecule has 0 N–H and O–H groups in total. The molecule has 7 heteroatoms. The first-order valence-corrected chi connectivity index (χ1v) is 10.9. The van der Waals surface area contributed by atoms with Crippen molar-refractivity contribution in [1.29, 1.82) is 0 Å². The Labute approximate surface area is 145 Å². The minimum atomic E-state index is -2.90. The summed E-state index contributed by atoms with van der Waals surface area (Å²) >= 11 is 0. The number of rotatable bonds is 5. The number of hydrogen-bond acceptors (Lipinski definition) is 6. The Hall–Kier alpha value is -1.37. The molecule has 2 saturated heterocycles. The molecular formula is C17H28N4O2S. The second kappa shape index (κ2) is 7.25. The van der Waals surface area contributed by atoms with Crippen molar-refractivity contribution in [3.63, 3.8) is 0 Å². The monoisotopic (exact) mass is 352 g/mol. The lowest BCUT2D eigenvalue weighted by Crippen LogP contribution is -2.40. The van der Waals surface area contributed by atoms with Crippen LogP contribution in [-0.4, -0.2) is 55.1 Å². The van der Waals surface area contributed by atoms with Crippen molar-refractivity contribution in [3.8, 4) is 0 Å². The van der Waals surface area contributed by atoms with Gasteiger partial charge in [0.1, 0.15) is 18.0 Å². The van der Waals surface area contributed by atoms with Gasteiger partial charge in [0.05, 0.1) is 11.5 Å². The van der Waals surface area contributed by atoms with Gasteiger partial charge in [0.25, 0.3) is 0 Å². The van der Waals surface area contributed by atoms with Gasteiger partial charge < -0.3 is 9.80 Å². The van der Waals surface area contributed by atoms with Crippen molar-refractivity contribution in [2.24, 2.45) is 0 Å². The predicted molar refractivity (Wildman–Crippen MR) is 97.4 cm³/mol. The highest BCUT2D eigenvalue weighted by molar-refractivity contribution is 7.91. The van der Waals surface area contributed by atoms with E-state index >= 15 is 0 Å². The minimum absolute atomic E-state index is 0.0334. The standard InChI is InChI=1S/C17H28N4O2S/c1-3-14-7-5-6-9-21(14)17-11-16(18-13-19-17)20(4-2)15-8-10-24(22,23)12-15/h11,13-15H,3-10,12H2,1-2H3. The molecule has 2 atom stereocenters. The van der Waals surface area contributed by atoms with Gasteiger partial charge >= 0.3 is 0 Å². The summed E-state index contributed by atoms with van der Waals surface area (Å²) in [5, 5.41) is 0. The molecule has 0 saturated carbocycles. The number of hydrogen-bond donors (Lipinski definition) is 0. The van der Waals surface area contributed by atoms with Crippen molar-refractivity contribution < 1.29 is 8.42 Å². The second-order valence-corrected chi connectivity index (χ2v) is 9.06. The van der Waals surface area contributed by atoms with E-state index in [1.807, 2.05) is 6.07 Å². The van der Waals surface area contributed by atoms with E-state index < -0.39 is 9.84 Å². The zero-order valence-electron chi connectivity index (χ0n) is 14.7. The summed E-state index contributed by atoms with van der Waals surface area (Å²) in [5.74, 6) is 2.35. The van der Waals surface area contributed by atoms with Crippen LogP contribution < -0.4 is 9.80 Å². The number of nitrogens with zero attached hydrogens (tertiary/aromatic N) is 4. The maximum absolute atomic E-state index is 11.8. The lowest BCUT2D eigenvalue weighted by Gasteiger charge is -2.37. The summed E-state index contributed by atoms with van der Waals surface area (Å²) in [5.41, 5.74) is 0. The molecule has 24 heavy (non-hydrogen) atoms. The summed E-state index contributed by atoms with van der Waals surface area (Å²) in [6.07, 6.45) is 7.14. The molecular weight excluding hydrogens is 324 g/mol. The van der Waals surface area contributed by atoms with Gasteiger partial charge in [-0.2, -0.15) is 0 Å². The van der Waals surface area contributed by atoms with E-state index in [2.05, 4.69) is 33.6 Å². The van der Waals surface area contributed by atoms with Crippen LogP contribution in [0, 0.1) is 0 Å². The van der Waals surface area contributed by atoms with Gasteiger partial charge in [-0.25, -0.2) is 18.4 Å². The maximum atomic E-state index is 11.8. The van der Waals surface area contributed by atoms with Gasteiger partial charge in [0, 0.05) is 31.2 Å². The molecule has 2 unspecified atom stereocenters. The smallest absolute Gasteiger partial charge is 0.152 e. The molecule has 2 aliphatic rings. The normalized spacial score (nSPS) is 26.5. The van der Waals surface area contributed by atoms with Crippen molar-refractivity contribution >= 4 is 21.5 Å². The molecule has 0 radical (unpaired) electrons. The van der Waals surface area contributed by atoms with E-state index in [0.717, 1.165) is 31.1 Å². The van der Waals surface area contributed by atoms with Gasteiger partial charge in [-0.15, -0.1) is 0 Å². The first-order valence-electron chi connectivity index (χ1n) is 9.09. The molecule has 3 heterocycles. The van der Waals surface area contributed by atoms with Crippen molar-refractivity contribution in [3.05, 3.63) is 12.4 Å². The molecule has 1 aromatic rings. The summed E-state index contributed by atoms with van der Waals surface area (Å²) < 4.78 is 23.6. The Bertz CT molecular complexity index is 664. The third kappa shape index (κ3) is 3.66. The van der Waals surface area contributed by atoms with Crippen LogP contribution >= 0.6 is 0 Å². The number of sulfone groups is 1. The maximum Gasteiger partial charge on any atom is 0.152 e.